The minimum atomic E-state index is 0.435. The Balaban J connectivity index is 2.19. The molecular weight excluding hydrogens is 190 g/mol. The van der Waals surface area contributed by atoms with E-state index in [-0.39, 0.29) is 0 Å². The van der Waals surface area contributed by atoms with Crippen LogP contribution in [0.5, 0.6) is 0 Å². The maximum atomic E-state index is 4.99. The second kappa shape index (κ2) is 5.88. The summed E-state index contributed by atoms with van der Waals surface area (Å²) in [5.41, 5.74) is 0.962. The number of nitrogens with zero attached hydrogens (tertiary/aromatic N) is 1. The highest BCUT2D eigenvalue weighted by Crippen LogP contribution is 2.00. The van der Waals surface area contributed by atoms with Crippen LogP contribution in [0.3, 0.4) is 0 Å². The standard InChI is InChI=1S/C11H21N3O/c1-8(2)12-6-9(3)13-7-11-5-10(4)15-14-11/h5,8-9,12-13H,6-7H2,1-4H3. The van der Waals surface area contributed by atoms with E-state index in [4.69, 9.17) is 4.52 Å². The Morgan fingerprint density at radius 2 is 2.07 bits per heavy atom. The van der Waals surface area contributed by atoms with Crippen LogP contribution in [0.2, 0.25) is 0 Å². The molecule has 0 radical (unpaired) electrons. The molecule has 4 nitrogen and oxygen atoms in total. The molecule has 1 aromatic heterocycles. The molecule has 1 aromatic rings. The topological polar surface area (TPSA) is 50.1 Å². The molecule has 0 bridgehead atoms. The minimum Gasteiger partial charge on any atom is -0.361 e. The summed E-state index contributed by atoms with van der Waals surface area (Å²) in [5, 5.41) is 10.7. The van der Waals surface area contributed by atoms with E-state index in [1.807, 2.05) is 13.0 Å². The number of aryl methyl sites for hydroxylation is 1. The van der Waals surface area contributed by atoms with Crippen LogP contribution in [0, 0.1) is 6.92 Å². The van der Waals surface area contributed by atoms with Crippen molar-refractivity contribution in [1.29, 1.82) is 0 Å². The summed E-state index contributed by atoms with van der Waals surface area (Å²) >= 11 is 0. The van der Waals surface area contributed by atoms with E-state index in [2.05, 4.69) is 36.6 Å². The Kier molecular flexibility index (Phi) is 4.78. The first-order valence-electron chi connectivity index (χ1n) is 5.47. The molecule has 2 N–H and O–H groups in total. The lowest BCUT2D eigenvalue weighted by molar-refractivity contribution is 0.384. The zero-order chi connectivity index (χ0) is 11.3. The van der Waals surface area contributed by atoms with Gasteiger partial charge >= 0.3 is 0 Å². The van der Waals surface area contributed by atoms with Crippen molar-refractivity contribution >= 4 is 0 Å². The van der Waals surface area contributed by atoms with Gasteiger partial charge in [-0.1, -0.05) is 19.0 Å². The van der Waals surface area contributed by atoms with Gasteiger partial charge in [0.05, 0.1) is 5.69 Å². The Morgan fingerprint density at radius 1 is 1.33 bits per heavy atom. The smallest absolute Gasteiger partial charge is 0.133 e. The second-order valence-electron chi connectivity index (χ2n) is 4.27. The van der Waals surface area contributed by atoms with Gasteiger partial charge in [-0.15, -0.1) is 0 Å². The van der Waals surface area contributed by atoms with E-state index < -0.39 is 0 Å². The van der Waals surface area contributed by atoms with E-state index in [9.17, 15) is 0 Å². The zero-order valence-electron chi connectivity index (χ0n) is 10.0. The second-order valence-corrected chi connectivity index (χ2v) is 4.27. The Labute approximate surface area is 91.4 Å². The lowest BCUT2D eigenvalue weighted by Gasteiger charge is -2.15. The number of rotatable bonds is 6. The third-order valence-corrected chi connectivity index (χ3v) is 2.14. The summed E-state index contributed by atoms with van der Waals surface area (Å²) < 4.78 is 4.99. The Hall–Kier alpha value is -0.870. The summed E-state index contributed by atoms with van der Waals surface area (Å²) in [4.78, 5) is 0. The van der Waals surface area contributed by atoms with Gasteiger partial charge in [-0.3, -0.25) is 0 Å². The average molecular weight is 211 g/mol. The largest absolute Gasteiger partial charge is 0.361 e. The van der Waals surface area contributed by atoms with Crippen LogP contribution in [0.15, 0.2) is 10.6 Å². The summed E-state index contributed by atoms with van der Waals surface area (Å²) in [6.45, 7) is 10.1. The molecule has 0 fully saturated rings. The Bertz CT molecular complexity index is 283. The van der Waals surface area contributed by atoms with Crippen molar-refractivity contribution in [3.8, 4) is 0 Å². The molecule has 86 valence electrons. The van der Waals surface area contributed by atoms with Crippen LogP contribution in [0.4, 0.5) is 0 Å². The van der Waals surface area contributed by atoms with Gasteiger partial charge in [0.15, 0.2) is 0 Å². The maximum absolute atomic E-state index is 4.99. The molecule has 0 aliphatic heterocycles. The number of nitrogens with one attached hydrogen (secondary N) is 2. The van der Waals surface area contributed by atoms with Crippen molar-refractivity contribution in [1.82, 2.24) is 15.8 Å². The summed E-state index contributed by atoms with van der Waals surface area (Å²) in [6.07, 6.45) is 0. The van der Waals surface area contributed by atoms with Crippen molar-refractivity contribution < 1.29 is 4.52 Å². The van der Waals surface area contributed by atoms with E-state index in [0.29, 0.717) is 12.1 Å². The molecule has 0 amide bonds. The number of aromatic nitrogens is 1. The molecule has 0 spiro atoms. The quantitative estimate of drug-likeness (QED) is 0.748. The van der Waals surface area contributed by atoms with Gasteiger partial charge in [-0.2, -0.15) is 0 Å². The van der Waals surface area contributed by atoms with E-state index in [1.54, 1.807) is 0 Å². The van der Waals surface area contributed by atoms with Crippen LogP contribution < -0.4 is 10.6 Å². The fraction of sp³-hybridized carbons (Fsp3) is 0.727. The van der Waals surface area contributed by atoms with Gasteiger partial charge in [0, 0.05) is 31.2 Å². The maximum Gasteiger partial charge on any atom is 0.133 e. The third-order valence-electron chi connectivity index (χ3n) is 2.14. The van der Waals surface area contributed by atoms with Gasteiger partial charge in [-0.05, 0) is 13.8 Å². The molecule has 0 aliphatic rings. The van der Waals surface area contributed by atoms with Crippen molar-refractivity contribution in [2.45, 2.75) is 46.3 Å². The van der Waals surface area contributed by atoms with Crippen molar-refractivity contribution in [3.63, 3.8) is 0 Å². The van der Waals surface area contributed by atoms with Crippen LogP contribution in [0.1, 0.15) is 32.2 Å². The molecule has 1 unspecified atom stereocenters. The fourth-order valence-electron chi connectivity index (χ4n) is 1.26. The Morgan fingerprint density at radius 3 is 2.60 bits per heavy atom. The summed E-state index contributed by atoms with van der Waals surface area (Å²) in [6, 6.07) is 2.92. The molecule has 0 saturated heterocycles. The molecular formula is C11H21N3O. The van der Waals surface area contributed by atoms with Crippen molar-refractivity contribution in [3.05, 3.63) is 17.5 Å². The van der Waals surface area contributed by atoms with Crippen LogP contribution in [-0.2, 0) is 6.54 Å². The van der Waals surface area contributed by atoms with Gasteiger partial charge < -0.3 is 15.2 Å². The highest BCUT2D eigenvalue weighted by Gasteiger charge is 2.04. The van der Waals surface area contributed by atoms with Crippen molar-refractivity contribution in [2.24, 2.45) is 0 Å². The molecule has 1 atom stereocenters. The molecule has 1 rings (SSSR count). The van der Waals surface area contributed by atoms with Crippen LogP contribution >= 0.6 is 0 Å². The SMILES string of the molecule is Cc1cc(CNC(C)CNC(C)C)no1. The summed E-state index contributed by atoms with van der Waals surface area (Å²) in [5.74, 6) is 0.861. The number of hydrogen-bond acceptors (Lipinski definition) is 4. The lowest BCUT2D eigenvalue weighted by atomic mass is 10.3. The van der Waals surface area contributed by atoms with Crippen LogP contribution in [0.25, 0.3) is 0 Å². The minimum absolute atomic E-state index is 0.435. The van der Waals surface area contributed by atoms with E-state index >= 15 is 0 Å². The first-order valence-corrected chi connectivity index (χ1v) is 5.47. The van der Waals surface area contributed by atoms with Gasteiger partial charge in [0.25, 0.3) is 0 Å². The van der Waals surface area contributed by atoms with E-state index in [0.717, 1.165) is 24.5 Å². The monoisotopic (exact) mass is 211 g/mol. The fourth-order valence-corrected chi connectivity index (χ4v) is 1.26. The summed E-state index contributed by atoms with van der Waals surface area (Å²) in [7, 11) is 0. The average Bonchev–Trinajstić information content (AvgIpc) is 2.58. The molecule has 1 heterocycles. The molecule has 15 heavy (non-hydrogen) atoms. The molecule has 0 aromatic carbocycles. The predicted molar refractivity (Wildman–Crippen MR) is 60.7 cm³/mol. The molecule has 0 saturated carbocycles. The highest BCUT2D eigenvalue weighted by molar-refractivity contribution is 5.03. The lowest BCUT2D eigenvalue weighted by Crippen LogP contribution is -2.38. The van der Waals surface area contributed by atoms with E-state index in [1.165, 1.54) is 0 Å². The first kappa shape index (κ1) is 12.2. The van der Waals surface area contributed by atoms with Crippen molar-refractivity contribution in [2.75, 3.05) is 6.54 Å². The normalized spacial score (nSPS) is 13.4. The molecule has 4 heteroatoms. The third kappa shape index (κ3) is 4.95. The first-order chi connectivity index (χ1) is 7.08. The molecule has 0 aliphatic carbocycles. The zero-order valence-corrected chi connectivity index (χ0v) is 10.0. The predicted octanol–water partition coefficient (Wildman–Crippen LogP) is 1.46. The van der Waals surface area contributed by atoms with Gasteiger partial charge in [0.2, 0.25) is 0 Å². The number of hydrogen-bond donors (Lipinski definition) is 2. The highest BCUT2D eigenvalue weighted by atomic mass is 16.5. The van der Waals surface area contributed by atoms with Gasteiger partial charge in [-0.25, -0.2) is 0 Å². The van der Waals surface area contributed by atoms with Gasteiger partial charge in [0.1, 0.15) is 5.76 Å². The van der Waals surface area contributed by atoms with Crippen LogP contribution in [-0.4, -0.2) is 23.8 Å².